The van der Waals surface area contributed by atoms with E-state index in [1.807, 2.05) is 0 Å². The van der Waals surface area contributed by atoms with Crippen LogP contribution in [0.3, 0.4) is 0 Å². The zero-order valence-corrected chi connectivity index (χ0v) is 10.00. The molecule has 1 heterocycles. The molecule has 0 aromatic heterocycles. The molecule has 5 heteroatoms. The van der Waals surface area contributed by atoms with Gasteiger partial charge in [0.1, 0.15) is 5.82 Å². The number of esters is 1. The fourth-order valence-electron chi connectivity index (χ4n) is 1.58. The second kappa shape index (κ2) is 4.51. The van der Waals surface area contributed by atoms with Gasteiger partial charge in [-0.3, -0.25) is 0 Å². The fourth-order valence-corrected chi connectivity index (χ4v) is 2.17. The summed E-state index contributed by atoms with van der Waals surface area (Å²) < 4.78 is 22.8. The van der Waals surface area contributed by atoms with Crippen molar-refractivity contribution in [2.75, 3.05) is 12.1 Å². The third kappa shape index (κ3) is 2.10. The molecule has 0 spiro atoms. The van der Waals surface area contributed by atoms with Gasteiger partial charge in [-0.1, -0.05) is 28.1 Å². The highest BCUT2D eigenvalue weighted by Gasteiger charge is 2.45. The smallest absolute Gasteiger partial charge is 0.341 e. The zero-order valence-electron chi connectivity index (χ0n) is 8.41. The number of alkyl halides is 1. The topological polar surface area (TPSA) is 35.5 Å². The predicted octanol–water partition coefficient (Wildman–Crippen LogP) is 2.03. The van der Waals surface area contributed by atoms with Crippen LogP contribution in [0.4, 0.5) is 4.39 Å². The molecular formula is C11H10BrFO3. The van der Waals surface area contributed by atoms with Crippen LogP contribution in [0, 0.1) is 5.82 Å². The van der Waals surface area contributed by atoms with E-state index in [2.05, 4.69) is 15.9 Å². The summed E-state index contributed by atoms with van der Waals surface area (Å²) >= 11 is 3.25. The summed E-state index contributed by atoms with van der Waals surface area (Å²) in [4.78, 5) is 11.5. The van der Waals surface area contributed by atoms with E-state index in [1.54, 1.807) is 12.1 Å². The molecule has 1 atom stereocenters. The first-order valence-electron chi connectivity index (χ1n) is 4.78. The third-order valence-electron chi connectivity index (χ3n) is 2.52. The molecule has 1 fully saturated rings. The molecule has 2 rings (SSSR count). The number of carbonyl (C=O) groups is 1. The summed E-state index contributed by atoms with van der Waals surface area (Å²) in [5.41, 5.74) is -0.141. The average Bonchev–Trinajstić information content (AvgIpc) is 2.64. The van der Waals surface area contributed by atoms with Crippen LogP contribution in [0.1, 0.15) is 5.56 Å². The molecular weight excluding hydrogens is 279 g/mol. The van der Waals surface area contributed by atoms with Gasteiger partial charge in [0, 0.05) is 11.8 Å². The van der Waals surface area contributed by atoms with E-state index in [0.717, 1.165) is 5.56 Å². The molecule has 0 bridgehead atoms. The van der Waals surface area contributed by atoms with Crippen molar-refractivity contribution in [2.24, 2.45) is 0 Å². The number of carbonyl (C=O) groups excluding carboxylic acids is 1. The van der Waals surface area contributed by atoms with E-state index in [4.69, 9.17) is 9.47 Å². The Labute approximate surface area is 101 Å². The Kier molecular flexibility index (Phi) is 3.25. The van der Waals surface area contributed by atoms with Crippen LogP contribution >= 0.6 is 15.9 Å². The van der Waals surface area contributed by atoms with Gasteiger partial charge in [0.25, 0.3) is 0 Å². The third-order valence-corrected chi connectivity index (χ3v) is 3.42. The molecule has 3 nitrogen and oxygen atoms in total. The zero-order chi connectivity index (χ0) is 11.6. The molecule has 0 N–H and O–H groups in total. The Morgan fingerprint density at radius 1 is 1.38 bits per heavy atom. The van der Waals surface area contributed by atoms with Crippen molar-refractivity contribution in [3.63, 3.8) is 0 Å². The first kappa shape index (κ1) is 11.5. The second-order valence-corrected chi connectivity index (χ2v) is 4.19. The van der Waals surface area contributed by atoms with Crippen molar-refractivity contribution >= 4 is 21.9 Å². The summed E-state index contributed by atoms with van der Waals surface area (Å²) in [5, 5.41) is 0.357. The number of halogens is 2. The molecule has 1 aromatic carbocycles. The van der Waals surface area contributed by atoms with Crippen molar-refractivity contribution in [2.45, 2.75) is 12.0 Å². The fraction of sp³-hybridized carbons (Fsp3) is 0.364. The predicted molar refractivity (Wildman–Crippen MR) is 58.7 cm³/mol. The number of rotatable bonds is 3. The molecule has 0 radical (unpaired) electrons. The SMILES string of the molecule is O=C1OCOC1(CBr)Cc1ccc(F)cc1. The van der Waals surface area contributed by atoms with Gasteiger partial charge >= 0.3 is 5.97 Å². The number of cyclic esters (lactones) is 1. The van der Waals surface area contributed by atoms with E-state index in [9.17, 15) is 9.18 Å². The molecule has 1 unspecified atom stereocenters. The largest absolute Gasteiger partial charge is 0.436 e. The van der Waals surface area contributed by atoms with Crippen LogP contribution in [-0.4, -0.2) is 23.7 Å². The first-order valence-corrected chi connectivity index (χ1v) is 5.90. The van der Waals surface area contributed by atoms with Crippen LogP contribution in [0.5, 0.6) is 0 Å². The minimum atomic E-state index is -0.974. The van der Waals surface area contributed by atoms with Gasteiger partial charge in [-0.2, -0.15) is 0 Å². The van der Waals surface area contributed by atoms with Crippen LogP contribution in [0.15, 0.2) is 24.3 Å². The summed E-state index contributed by atoms with van der Waals surface area (Å²) in [6.45, 7) is -0.0222. The molecule has 1 saturated heterocycles. The van der Waals surface area contributed by atoms with Gasteiger partial charge in [-0.15, -0.1) is 0 Å². The van der Waals surface area contributed by atoms with Crippen LogP contribution < -0.4 is 0 Å². The highest BCUT2D eigenvalue weighted by molar-refractivity contribution is 9.09. The first-order chi connectivity index (χ1) is 7.66. The van der Waals surface area contributed by atoms with Crippen molar-refractivity contribution in [1.29, 1.82) is 0 Å². The summed E-state index contributed by atoms with van der Waals surface area (Å²) in [6, 6.07) is 5.98. The molecule has 1 aliphatic heterocycles. The maximum Gasteiger partial charge on any atom is 0.341 e. The molecule has 0 aliphatic carbocycles. The van der Waals surface area contributed by atoms with Crippen LogP contribution in [0.25, 0.3) is 0 Å². The minimum Gasteiger partial charge on any atom is -0.436 e. The summed E-state index contributed by atoms with van der Waals surface area (Å²) in [5.74, 6) is -0.680. The molecule has 1 aromatic rings. The Morgan fingerprint density at radius 3 is 2.56 bits per heavy atom. The number of hydrogen-bond donors (Lipinski definition) is 0. The Bertz CT molecular complexity index is 393. The van der Waals surface area contributed by atoms with E-state index >= 15 is 0 Å². The van der Waals surface area contributed by atoms with Crippen LogP contribution in [0.2, 0.25) is 0 Å². The average molecular weight is 289 g/mol. The van der Waals surface area contributed by atoms with Crippen molar-refractivity contribution in [3.05, 3.63) is 35.6 Å². The van der Waals surface area contributed by atoms with Gasteiger partial charge < -0.3 is 9.47 Å². The van der Waals surface area contributed by atoms with Gasteiger partial charge in [-0.05, 0) is 17.7 Å². The van der Waals surface area contributed by atoms with Gasteiger partial charge in [-0.25, -0.2) is 9.18 Å². The maximum atomic E-state index is 12.7. The van der Waals surface area contributed by atoms with Gasteiger partial charge in [0.2, 0.25) is 0 Å². The maximum absolute atomic E-state index is 12.7. The summed E-state index contributed by atoms with van der Waals surface area (Å²) in [6.07, 6.45) is 0.372. The Hall–Kier alpha value is -0.940. The highest BCUT2D eigenvalue weighted by Crippen LogP contribution is 2.27. The van der Waals surface area contributed by atoms with Gasteiger partial charge in [0.05, 0.1) is 0 Å². The molecule has 0 saturated carbocycles. The van der Waals surface area contributed by atoms with E-state index in [-0.39, 0.29) is 18.6 Å². The number of benzene rings is 1. The van der Waals surface area contributed by atoms with Crippen LogP contribution in [-0.2, 0) is 20.7 Å². The highest BCUT2D eigenvalue weighted by atomic mass is 79.9. The van der Waals surface area contributed by atoms with E-state index < -0.39 is 5.60 Å². The lowest BCUT2D eigenvalue weighted by molar-refractivity contribution is -0.142. The Morgan fingerprint density at radius 2 is 2.06 bits per heavy atom. The molecule has 16 heavy (non-hydrogen) atoms. The molecule has 0 amide bonds. The quantitative estimate of drug-likeness (QED) is 0.631. The monoisotopic (exact) mass is 288 g/mol. The van der Waals surface area contributed by atoms with E-state index in [0.29, 0.717) is 11.8 Å². The normalized spacial score (nSPS) is 24.5. The lowest BCUT2D eigenvalue weighted by Crippen LogP contribution is -2.40. The minimum absolute atomic E-state index is 0.0222. The van der Waals surface area contributed by atoms with Gasteiger partial charge in [0.15, 0.2) is 12.4 Å². The molecule has 1 aliphatic rings. The second-order valence-electron chi connectivity index (χ2n) is 3.63. The van der Waals surface area contributed by atoms with Crippen molar-refractivity contribution in [1.82, 2.24) is 0 Å². The van der Waals surface area contributed by atoms with Crippen molar-refractivity contribution in [3.8, 4) is 0 Å². The number of ether oxygens (including phenoxy) is 2. The Balaban J connectivity index is 2.18. The van der Waals surface area contributed by atoms with E-state index in [1.165, 1.54) is 12.1 Å². The summed E-state index contributed by atoms with van der Waals surface area (Å²) in [7, 11) is 0. The lowest BCUT2D eigenvalue weighted by atomic mass is 9.97. The lowest BCUT2D eigenvalue weighted by Gasteiger charge is -2.20. The van der Waals surface area contributed by atoms with Crippen molar-refractivity contribution < 1.29 is 18.7 Å². The number of hydrogen-bond acceptors (Lipinski definition) is 3. The molecule has 86 valence electrons. The standard InChI is InChI=1S/C11H10BrFO3/c12-6-11(10(14)15-7-16-11)5-8-1-3-9(13)4-2-8/h1-4H,5-7H2.